The van der Waals surface area contributed by atoms with Crippen LogP contribution in [0, 0.1) is 11.3 Å². The number of rotatable bonds is 4. The van der Waals surface area contributed by atoms with Gasteiger partial charge in [0.05, 0.1) is 18.4 Å². The van der Waals surface area contributed by atoms with Gasteiger partial charge in [0.1, 0.15) is 0 Å². The number of carbonyl (C=O) groups excluding carboxylic acids is 1. The summed E-state index contributed by atoms with van der Waals surface area (Å²) in [5, 5.41) is 8.65. The molecule has 4 heteroatoms. The Morgan fingerprint density at radius 1 is 1.46 bits per heavy atom. The van der Waals surface area contributed by atoms with Crippen LogP contribution in [0.3, 0.4) is 0 Å². The Bertz CT molecular complexity index is 208. The van der Waals surface area contributed by atoms with Crippen LogP contribution in [0.1, 0.15) is 27.2 Å². The Labute approximate surface area is 77.9 Å². The van der Waals surface area contributed by atoms with Crippen molar-refractivity contribution in [1.29, 1.82) is 0 Å². The highest BCUT2D eigenvalue weighted by molar-refractivity contribution is 5.77. The van der Waals surface area contributed by atoms with E-state index < -0.39 is 17.3 Å². The maximum Gasteiger partial charge on any atom is 0.311 e. The molecule has 0 aromatic rings. The zero-order chi connectivity index (χ0) is 10.6. The quantitative estimate of drug-likeness (QED) is 0.675. The molecule has 76 valence electrons. The third-order valence-corrected chi connectivity index (χ3v) is 1.98. The molecule has 0 radical (unpaired) electrons. The van der Waals surface area contributed by atoms with Crippen LogP contribution in [0.5, 0.6) is 0 Å². The zero-order valence-electron chi connectivity index (χ0n) is 8.46. The molecule has 1 unspecified atom stereocenters. The van der Waals surface area contributed by atoms with E-state index in [1.807, 2.05) is 0 Å². The van der Waals surface area contributed by atoms with Gasteiger partial charge in [0.15, 0.2) is 0 Å². The molecule has 4 nitrogen and oxygen atoms in total. The molecule has 0 saturated heterocycles. The fourth-order valence-electron chi connectivity index (χ4n) is 1.21. The highest BCUT2D eigenvalue weighted by Crippen LogP contribution is 2.26. The average molecular weight is 188 g/mol. The predicted molar refractivity (Wildman–Crippen MR) is 47.2 cm³/mol. The minimum Gasteiger partial charge on any atom is -0.481 e. The average Bonchev–Trinajstić information content (AvgIpc) is 2.01. The monoisotopic (exact) mass is 188 g/mol. The molecule has 0 aromatic heterocycles. The first-order valence-corrected chi connectivity index (χ1v) is 4.12. The molecule has 1 atom stereocenters. The molecule has 0 aliphatic heterocycles. The van der Waals surface area contributed by atoms with Crippen LogP contribution < -0.4 is 0 Å². The standard InChI is InChI=1S/C9H16O4/c1-6(7(10)11)5-9(2,3)8(12)13-4/h6H,5H2,1-4H3,(H,10,11). The lowest BCUT2D eigenvalue weighted by atomic mass is 9.83. The van der Waals surface area contributed by atoms with Crippen molar-refractivity contribution in [2.45, 2.75) is 27.2 Å². The van der Waals surface area contributed by atoms with Crippen molar-refractivity contribution in [3.8, 4) is 0 Å². The van der Waals surface area contributed by atoms with Crippen LogP contribution in [0.15, 0.2) is 0 Å². The van der Waals surface area contributed by atoms with Crippen molar-refractivity contribution < 1.29 is 19.4 Å². The fourth-order valence-corrected chi connectivity index (χ4v) is 1.21. The van der Waals surface area contributed by atoms with E-state index in [9.17, 15) is 9.59 Å². The number of esters is 1. The molecule has 0 aromatic carbocycles. The van der Waals surface area contributed by atoms with Crippen molar-refractivity contribution in [2.75, 3.05) is 7.11 Å². The number of carboxylic acid groups (broad SMARTS) is 1. The smallest absolute Gasteiger partial charge is 0.311 e. The van der Waals surface area contributed by atoms with E-state index in [4.69, 9.17) is 5.11 Å². The number of hydrogen-bond donors (Lipinski definition) is 1. The first-order valence-electron chi connectivity index (χ1n) is 4.12. The molecular formula is C9H16O4. The van der Waals surface area contributed by atoms with Crippen LogP contribution in [-0.4, -0.2) is 24.2 Å². The van der Waals surface area contributed by atoms with E-state index in [1.165, 1.54) is 7.11 Å². The highest BCUT2D eigenvalue weighted by atomic mass is 16.5. The second kappa shape index (κ2) is 4.25. The lowest BCUT2D eigenvalue weighted by Crippen LogP contribution is -2.29. The van der Waals surface area contributed by atoms with Gasteiger partial charge in [0.2, 0.25) is 0 Å². The third kappa shape index (κ3) is 3.44. The minimum atomic E-state index is -0.892. The van der Waals surface area contributed by atoms with Gasteiger partial charge in [0, 0.05) is 0 Å². The summed E-state index contributed by atoms with van der Waals surface area (Å²) in [6.07, 6.45) is 0.287. The van der Waals surface area contributed by atoms with Gasteiger partial charge in [-0.2, -0.15) is 0 Å². The molecule has 0 saturated carbocycles. The minimum absolute atomic E-state index is 0.287. The van der Waals surface area contributed by atoms with Gasteiger partial charge in [0.25, 0.3) is 0 Å². The molecule has 0 aliphatic carbocycles. The summed E-state index contributed by atoms with van der Waals surface area (Å²) in [6, 6.07) is 0. The van der Waals surface area contributed by atoms with Gasteiger partial charge in [-0.25, -0.2) is 0 Å². The maximum atomic E-state index is 11.2. The van der Waals surface area contributed by atoms with Crippen molar-refractivity contribution in [2.24, 2.45) is 11.3 Å². The number of hydrogen-bond acceptors (Lipinski definition) is 3. The Morgan fingerprint density at radius 3 is 2.23 bits per heavy atom. The Kier molecular flexibility index (Phi) is 3.91. The van der Waals surface area contributed by atoms with Crippen LogP contribution in [0.4, 0.5) is 0 Å². The summed E-state index contributed by atoms with van der Waals surface area (Å²) in [7, 11) is 1.30. The number of ether oxygens (including phenoxy) is 1. The predicted octanol–water partition coefficient (Wildman–Crippen LogP) is 1.30. The Balaban J connectivity index is 4.32. The van der Waals surface area contributed by atoms with Gasteiger partial charge in [-0.05, 0) is 20.3 Å². The van der Waals surface area contributed by atoms with E-state index in [0.29, 0.717) is 0 Å². The molecule has 0 spiro atoms. The summed E-state index contributed by atoms with van der Waals surface area (Å²) >= 11 is 0. The van der Waals surface area contributed by atoms with Crippen LogP contribution in [0.2, 0.25) is 0 Å². The van der Waals surface area contributed by atoms with Crippen molar-refractivity contribution in [3.05, 3.63) is 0 Å². The molecule has 0 rings (SSSR count). The molecule has 0 amide bonds. The Hall–Kier alpha value is -1.06. The van der Waals surface area contributed by atoms with Crippen molar-refractivity contribution in [3.63, 3.8) is 0 Å². The number of carboxylic acids is 1. The lowest BCUT2D eigenvalue weighted by Gasteiger charge is -2.23. The van der Waals surface area contributed by atoms with E-state index in [-0.39, 0.29) is 12.4 Å². The molecular weight excluding hydrogens is 172 g/mol. The number of carbonyl (C=O) groups is 2. The fraction of sp³-hybridized carbons (Fsp3) is 0.778. The van der Waals surface area contributed by atoms with Crippen LogP contribution >= 0.6 is 0 Å². The molecule has 1 N–H and O–H groups in total. The summed E-state index contributed by atoms with van der Waals surface area (Å²) in [4.78, 5) is 21.7. The first-order chi connectivity index (χ1) is 5.81. The van der Waals surface area contributed by atoms with Gasteiger partial charge in [-0.3, -0.25) is 9.59 Å². The second-order valence-electron chi connectivity index (χ2n) is 3.82. The second-order valence-corrected chi connectivity index (χ2v) is 3.82. The first kappa shape index (κ1) is 11.9. The molecule has 0 heterocycles. The normalized spacial score (nSPS) is 13.5. The Morgan fingerprint density at radius 2 is 1.92 bits per heavy atom. The lowest BCUT2D eigenvalue weighted by molar-refractivity contribution is -0.153. The van der Waals surface area contributed by atoms with Gasteiger partial charge in [-0.15, -0.1) is 0 Å². The summed E-state index contributed by atoms with van der Waals surface area (Å²) in [6.45, 7) is 4.93. The third-order valence-electron chi connectivity index (χ3n) is 1.98. The van der Waals surface area contributed by atoms with Crippen LogP contribution in [0.25, 0.3) is 0 Å². The topological polar surface area (TPSA) is 63.6 Å². The van der Waals surface area contributed by atoms with Gasteiger partial charge in [-0.1, -0.05) is 6.92 Å². The van der Waals surface area contributed by atoms with E-state index >= 15 is 0 Å². The summed E-state index contributed by atoms with van der Waals surface area (Å²) in [5.41, 5.74) is -0.730. The van der Waals surface area contributed by atoms with Crippen molar-refractivity contribution >= 4 is 11.9 Å². The van der Waals surface area contributed by atoms with E-state index in [0.717, 1.165) is 0 Å². The summed E-state index contributed by atoms with van der Waals surface area (Å²) < 4.78 is 4.56. The largest absolute Gasteiger partial charge is 0.481 e. The highest BCUT2D eigenvalue weighted by Gasteiger charge is 2.32. The number of methoxy groups -OCH3 is 1. The van der Waals surface area contributed by atoms with E-state index in [1.54, 1.807) is 20.8 Å². The zero-order valence-corrected chi connectivity index (χ0v) is 8.46. The van der Waals surface area contributed by atoms with E-state index in [2.05, 4.69) is 4.74 Å². The molecule has 0 fully saturated rings. The SMILES string of the molecule is COC(=O)C(C)(C)CC(C)C(=O)O. The molecule has 0 aliphatic rings. The maximum absolute atomic E-state index is 11.2. The number of aliphatic carboxylic acids is 1. The summed E-state index contributed by atoms with van der Waals surface area (Å²) in [5.74, 6) is -1.80. The molecule has 13 heavy (non-hydrogen) atoms. The van der Waals surface area contributed by atoms with Crippen LogP contribution in [-0.2, 0) is 14.3 Å². The molecule has 0 bridgehead atoms. The van der Waals surface area contributed by atoms with Crippen molar-refractivity contribution in [1.82, 2.24) is 0 Å². The van der Waals surface area contributed by atoms with Gasteiger partial charge >= 0.3 is 11.9 Å². The van der Waals surface area contributed by atoms with Gasteiger partial charge < -0.3 is 9.84 Å².